The van der Waals surface area contributed by atoms with Gasteiger partial charge in [-0.1, -0.05) is 0 Å². The maximum Gasteiger partial charge on any atom is 0.276 e. The number of ether oxygens (including phenoxy) is 1. The summed E-state index contributed by atoms with van der Waals surface area (Å²) in [4.78, 5) is 26.1. The third kappa shape index (κ3) is 3.56. The number of carbonyl (C=O) groups is 2. The van der Waals surface area contributed by atoms with Crippen molar-refractivity contribution in [3.05, 3.63) is 41.2 Å². The van der Waals surface area contributed by atoms with Crippen molar-refractivity contribution in [2.24, 2.45) is 7.05 Å². The molecule has 0 unspecified atom stereocenters. The number of nitrogens with one attached hydrogen (secondary N) is 1. The highest BCUT2D eigenvalue weighted by Gasteiger charge is 2.23. The van der Waals surface area contributed by atoms with Gasteiger partial charge in [-0.05, 0) is 38.1 Å². The molecule has 128 valence electrons. The second-order valence-electron chi connectivity index (χ2n) is 5.54. The Bertz CT molecular complexity index is 748. The third-order valence-electron chi connectivity index (χ3n) is 3.61. The molecule has 7 heteroatoms. The summed E-state index contributed by atoms with van der Waals surface area (Å²) in [6.07, 6.45) is 0. The van der Waals surface area contributed by atoms with Gasteiger partial charge in [-0.2, -0.15) is 5.10 Å². The zero-order chi connectivity index (χ0) is 17.9. The molecule has 0 aliphatic carbocycles. The molecule has 0 aliphatic rings. The van der Waals surface area contributed by atoms with E-state index < -0.39 is 0 Å². The quantitative estimate of drug-likeness (QED) is 0.910. The van der Waals surface area contributed by atoms with Gasteiger partial charge in [-0.3, -0.25) is 14.3 Å². The standard InChI is InChI=1S/C17H22N4O3/c1-6-24-13-9-7-12(8-10-13)16(22)18-14-11(2)21(5)19-15(14)17(23)20(3)4/h7-10H,6H2,1-5H3,(H,18,22). The Hall–Kier alpha value is -2.83. The van der Waals surface area contributed by atoms with E-state index in [4.69, 9.17) is 4.74 Å². The Morgan fingerprint density at radius 3 is 2.42 bits per heavy atom. The van der Waals surface area contributed by atoms with E-state index in [1.54, 1.807) is 57.0 Å². The minimum Gasteiger partial charge on any atom is -0.494 e. The Labute approximate surface area is 141 Å². The first-order valence-corrected chi connectivity index (χ1v) is 7.64. The lowest BCUT2D eigenvalue weighted by Gasteiger charge is -2.11. The number of anilines is 1. The maximum absolute atomic E-state index is 12.5. The second kappa shape index (κ2) is 7.16. The van der Waals surface area contributed by atoms with Gasteiger partial charge >= 0.3 is 0 Å². The van der Waals surface area contributed by atoms with Crippen LogP contribution < -0.4 is 10.1 Å². The van der Waals surface area contributed by atoms with Gasteiger partial charge in [0.25, 0.3) is 11.8 Å². The molecule has 0 fully saturated rings. The van der Waals surface area contributed by atoms with Gasteiger partial charge in [0, 0.05) is 26.7 Å². The van der Waals surface area contributed by atoms with Gasteiger partial charge in [-0.15, -0.1) is 0 Å². The van der Waals surface area contributed by atoms with Crippen molar-refractivity contribution < 1.29 is 14.3 Å². The van der Waals surface area contributed by atoms with Crippen LogP contribution in [0.5, 0.6) is 5.75 Å². The average molecular weight is 330 g/mol. The highest BCUT2D eigenvalue weighted by Crippen LogP contribution is 2.22. The molecule has 7 nitrogen and oxygen atoms in total. The summed E-state index contributed by atoms with van der Waals surface area (Å²) in [6, 6.07) is 6.83. The molecule has 0 saturated carbocycles. The largest absolute Gasteiger partial charge is 0.494 e. The molecule has 0 aliphatic heterocycles. The van der Waals surface area contributed by atoms with Crippen LogP contribution in [0.2, 0.25) is 0 Å². The van der Waals surface area contributed by atoms with Gasteiger partial charge in [0.1, 0.15) is 5.75 Å². The molecule has 2 rings (SSSR count). The molecule has 0 radical (unpaired) electrons. The molecule has 24 heavy (non-hydrogen) atoms. The summed E-state index contributed by atoms with van der Waals surface area (Å²) < 4.78 is 6.94. The van der Waals surface area contributed by atoms with E-state index in [2.05, 4.69) is 10.4 Å². The van der Waals surface area contributed by atoms with Crippen LogP contribution in [-0.4, -0.2) is 47.2 Å². The number of nitrogens with zero attached hydrogens (tertiary/aromatic N) is 3. The smallest absolute Gasteiger partial charge is 0.276 e. The fourth-order valence-electron chi connectivity index (χ4n) is 2.17. The number of aryl methyl sites for hydroxylation is 1. The van der Waals surface area contributed by atoms with Crippen molar-refractivity contribution in [2.75, 3.05) is 26.0 Å². The van der Waals surface area contributed by atoms with Crippen LogP contribution in [-0.2, 0) is 7.05 Å². The van der Waals surface area contributed by atoms with Crippen molar-refractivity contribution in [2.45, 2.75) is 13.8 Å². The SMILES string of the molecule is CCOc1ccc(C(=O)Nc2c(C(=O)N(C)C)nn(C)c2C)cc1. The summed E-state index contributed by atoms with van der Waals surface area (Å²) in [6.45, 7) is 4.26. The topological polar surface area (TPSA) is 76.5 Å². The van der Waals surface area contributed by atoms with Crippen molar-refractivity contribution >= 4 is 17.5 Å². The van der Waals surface area contributed by atoms with E-state index in [1.807, 2.05) is 6.92 Å². The van der Waals surface area contributed by atoms with E-state index in [0.717, 1.165) is 0 Å². The molecule has 0 saturated heterocycles. The van der Waals surface area contributed by atoms with Crippen molar-refractivity contribution in [3.63, 3.8) is 0 Å². The summed E-state index contributed by atoms with van der Waals surface area (Å²) in [5.74, 6) is 0.137. The summed E-state index contributed by atoms with van der Waals surface area (Å²) >= 11 is 0. The summed E-state index contributed by atoms with van der Waals surface area (Å²) in [5.41, 5.74) is 1.83. The lowest BCUT2D eigenvalue weighted by molar-refractivity contribution is 0.0822. The van der Waals surface area contributed by atoms with Crippen molar-refractivity contribution in [1.82, 2.24) is 14.7 Å². The van der Waals surface area contributed by atoms with Gasteiger partial charge in [0.2, 0.25) is 0 Å². The first-order chi connectivity index (χ1) is 11.3. The van der Waals surface area contributed by atoms with Crippen LogP contribution >= 0.6 is 0 Å². The molecule has 0 atom stereocenters. The fourth-order valence-corrected chi connectivity index (χ4v) is 2.17. The molecular formula is C17H22N4O3. The number of rotatable bonds is 5. The number of carbonyl (C=O) groups excluding carboxylic acids is 2. The van der Waals surface area contributed by atoms with Gasteiger partial charge in [0.05, 0.1) is 18.0 Å². The molecule has 1 heterocycles. The number of hydrogen-bond acceptors (Lipinski definition) is 4. The van der Waals surface area contributed by atoms with Gasteiger partial charge < -0.3 is 15.0 Å². The number of amides is 2. The Balaban J connectivity index is 2.27. The average Bonchev–Trinajstić information content (AvgIpc) is 2.83. The predicted octanol–water partition coefficient (Wildman–Crippen LogP) is 2.08. The van der Waals surface area contributed by atoms with Gasteiger partial charge in [0.15, 0.2) is 5.69 Å². The van der Waals surface area contributed by atoms with Crippen LogP contribution in [0.25, 0.3) is 0 Å². The van der Waals surface area contributed by atoms with E-state index >= 15 is 0 Å². The fraction of sp³-hybridized carbons (Fsp3) is 0.353. The van der Waals surface area contributed by atoms with E-state index in [-0.39, 0.29) is 17.5 Å². The minimum absolute atomic E-state index is 0.222. The molecule has 1 N–H and O–H groups in total. The number of hydrogen-bond donors (Lipinski definition) is 1. The second-order valence-corrected chi connectivity index (χ2v) is 5.54. The Kier molecular flexibility index (Phi) is 5.23. The Morgan fingerprint density at radius 1 is 1.25 bits per heavy atom. The first kappa shape index (κ1) is 17.5. The van der Waals surface area contributed by atoms with Crippen LogP contribution in [0.15, 0.2) is 24.3 Å². The van der Waals surface area contributed by atoms with Crippen molar-refractivity contribution in [3.8, 4) is 5.75 Å². The normalized spacial score (nSPS) is 10.4. The molecule has 2 amide bonds. The molecule has 1 aromatic carbocycles. The monoisotopic (exact) mass is 330 g/mol. The highest BCUT2D eigenvalue weighted by molar-refractivity contribution is 6.08. The molecule has 1 aromatic heterocycles. The van der Waals surface area contributed by atoms with Crippen LogP contribution in [0.1, 0.15) is 33.5 Å². The number of benzene rings is 1. The van der Waals surface area contributed by atoms with Gasteiger partial charge in [-0.25, -0.2) is 0 Å². The maximum atomic E-state index is 12.5. The Morgan fingerprint density at radius 2 is 1.88 bits per heavy atom. The van der Waals surface area contributed by atoms with Crippen LogP contribution in [0.4, 0.5) is 5.69 Å². The number of aromatic nitrogens is 2. The van der Waals surface area contributed by atoms with E-state index in [0.29, 0.717) is 29.3 Å². The first-order valence-electron chi connectivity index (χ1n) is 7.64. The molecular weight excluding hydrogens is 308 g/mol. The lowest BCUT2D eigenvalue weighted by atomic mass is 10.2. The van der Waals surface area contributed by atoms with E-state index in [1.165, 1.54) is 4.90 Å². The molecule has 2 aromatic rings. The molecule has 0 spiro atoms. The summed E-state index contributed by atoms with van der Waals surface area (Å²) in [7, 11) is 5.02. The lowest BCUT2D eigenvalue weighted by Crippen LogP contribution is -2.24. The zero-order valence-corrected chi connectivity index (χ0v) is 14.6. The zero-order valence-electron chi connectivity index (χ0n) is 14.6. The summed E-state index contributed by atoms with van der Waals surface area (Å²) in [5, 5.41) is 7.00. The molecule has 0 bridgehead atoms. The predicted molar refractivity (Wildman–Crippen MR) is 91.5 cm³/mol. The van der Waals surface area contributed by atoms with E-state index in [9.17, 15) is 9.59 Å². The third-order valence-corrected chi connectivity index (χ3v) is 3.61. The minimum atomic E-state index is -0.304. The highest BCUT2D eigenvalue weighted by atomic mass is 16.5. The van der Waals surface area contributed by atoms with Crippen molar-refractivity contribution in [1.29, 1.82) is 0 Å². The van der Waals surface area contributed by atoms with Crippen LogP contribution in [0, 0.1) is 6.92 Å². The van der Waals surface area contributed by atoms with Crippen LogP contribution in [0.3, 0.4) is 0 Å².